The van der Waals surface area contributed by atoms with Gasteiger partial charge in [-0.3, -0.25) is 14.5 Å². The van der Waals surface area contributed by atoms with Crippen molar-refractivity contribution in [3.8, 4) is 0 Å². The maximum absolute atomic E-state index is 11.6. The molecule has 1 atom stereocenters. The van der Waals surface area contributed by atoms with Crippen LogP contribution >= 0.6 is 0 Å². The molecule has 2 aliphatic carbocycles. The zero-order valence-electron chi connectivity index (χ0n) is 19.4. The topological polar surface area (TPSA) is 57.0 Å². The molecule has 0 aliphatic heterocycles. The van der Waals surface area contributed by atoms with E-state index in [0.29, 0.717) is 18.3 Å². The Bertz CT molecular complexity index is 963. The second-order valence-corrected chi connectivity index (χ2v) is 16.1. The Labute approximate surface area is 186 Å². The fraction of sp³-hybridized carbons (Fsp3) is 0.560. The predicted octanol–water partition coefficient (Wildman–Crippen LogP) is 5.00. The number of ketones is 1. The molecule has 2 aromatic heterocycles. The van der Waals surface area contributed by atoms with Gasteiger partial charge in [-0.2, -0.15) is 5.10 Å². The summed E-state index contributed by atoms with van der Waals surface area (Å²) in [5, 5.41) is 4.38. The SMILES string of the molecule is Cn1cc(C2=CC(COCC[Si](C)(C)C)c3ncc(CC4CCC(=O)CC4)cc32)cn1. The Morgan fingerprint density at radius 1 is 1.19 bits per heavy atom. The molecule has 0 N–H and O–H groups in total. The predicted molar refractivity (Wildman–Crippen MR) is 127 cm³/mol. The molecule has 1 saturated carbocycles. The number of Topliss-reactive ketones (excluding diaryl/α,β-unsaturated/α-hetero) is 1. The molecule has 1 fully saturated rings. The molecule has 0 spiro atoms. The fourth-order valence-corrected chi connectivity index (χ4v) is 5.33. The van der Waals surface area contributed by atoms with Gasteiger partial charge in [0.2, 0.25) is 0 Å². The summed E-state index contributed by atoms with van der Waals surface area (Å²) >= 11 is 0. The third-order valence-corrected chi connectivity index (χ3v) is 8.19. The van der Waals surface area contributed by atoms with Gasteiger partial charge in [0.05, 0.1) is 18.5 Å². The number of carbonyl (C=O) groups excluding carboxylic acids is 1. The van der Waals surface area contributed by atoms with Gasteiger partial charge < -0.3 is 4.74 Å². The van der Waals surface area contributed by atoms with Crippen LogP contribution in [0.25, 0.3) is 5.57 Å². The molecule has 1 unspecified atom stereocenters. The molecule has 2 heterocycles. The second kappa shape index (κ2) is 9.21. The molecule has 6 heteroatoms. The minimum absolute atomic E-state index is 0.188. The lowest BCUT2D eigenvalue weighted by molar-refractivity contribution is -0.121. The average molecular weight is 438 g/mol. The van der Waals surface area contributed by atoms with Crippen LogP contribution in [0.1, 0.15) is 54.0 Å². The van der Waals surface area contributed by atoms with Crippen molar-refractivity contribution in [2.45, 2.75) is 63.7 Å². The number of rotatable bonds is 8. The lowest BCUT2D eigenvalue weighted by atomic mass is 9.84. The van der Waals surface area contributed by atoms with E-state index in [0.717, 1.165) is 50.0 Å². The van der Waals surface area contributed by atoms with E-state index in [1.165, 1.54) is 22.7 Å². The molecule has 0 aromatic carbocycles. The Morgan fingerprint density at radius 3 is 2.65 bits per heavy atom. The first-order valence-corrected chi connectivity index (χ1v) is 15.3. The van der Waals surface area contributed by atoms with Gasteiger partial charge in [0, 0.05) is 64.0 Å². The number of carbonyl (C=O) groups is 1. The highest BCUT2D eigenvalue weighted by Crippen LogP contribution is 2.39. The van der Waals surface area contributed by atoms with Crippen LogP contribution in [0.15, 0.2) is 30.7 Å². The highest BCUT2D eigenvalue weighted by molar-refractivity contribution is 6.76. The molecule has 0 amide bonds. The van der Waals surface area contributed by atoms with Gasteiger partial charge in [0.1, 0.15) is 5.78 Å². The van der Waals surface area contributed by atoms with E-state index in [2.05, 4.69) is 43.1 Å². The number of aromatic nitrogens is 3. The lowest BCUT2D eigenvalue weighted by Crippen LogP contribution is -2.22. The van der Waals surface area contributed by atoms with E-state index in [-0.39, 0.29) is 5.92 Å². The number of ether oxygens (including phenoxy) is 1. The van der Waals surface area contributed by atoms with Crippen molar-refractivity contribution in [1.29, 1.82) is 0 Å². The molecule has 0 bridgehead atoms. The molecular formula is C25H35N3O2Si. The van der Waals surface area contributed by atoms with E-state index in [4.69, 9.17) is 9.72 Å². The molecule has 5 nitrogen and oxygen atoms in total. The summed E-state index contributed by atoms with van der Waals surface area (Å²) in [5.41, 5.74) is 5.96. The summed E-state index contributed by atoms with van der Waals surface area (Å²) < 4.78 is 7.95. The van der Waals surface area contributed by atoms with Crippen LogP contribution < -0.4 is 0 Å². The maximum Gasteiger partial charge on any atom is 0.132 e. The highest BCUT2D eigenvalue weighted by atomic mass is 28.3. The Morgan fingerprint density at radius 2 is 1.97 bits per heavy atom. The van der Waals surface area contributed by atoms with E-state index in [9.17, 15) is 4.79 Å². The number of hydrogen-bond acceptors (Lipinski definition) is 4. The monoisotopic (exact) mass is 437 g/mol. The van der Waals surface area contributed by atoms with Crippen molar-refractivity contribution >= 4 is 19.4 Å². The van der Waals surface area contributed by atoms with Gasteiger partial charge in [-0.25, -0.2) is 0 Å². The zero-order chi connectivity index (χ0) is 22.0. The number of fused-ring (bicyclic) bond motifs is 1. The fourth-order valence-electron chi connectivity index (χ4n) is 4.58. The largest absolute Gasteiger partial charge is 0.381 e. The molecule has 2 aliphatic rings. The average Bonchev–Trinajstić information content (AvgIpc) is 3.30. The Hall–Kier alpha value is -2.05. The first kappa shape index (κ1) is 22.2. The van der Waals surface area contributed by atoms with Crippen molar-refractivity contribution in [2.75, 3.05) is 13.2 Å². The van der Waals surface area contributed by atoms with Crippen molar-refractivity contribution in [3.05, 3.63) is 53.1 Å². The highest BCUT2D eigenvalue weighted by Gasteiger charge is 2.28. The molecule has 0 saturated heterocycles. The van der Waals surface area contributed by atoms with E-state index < -0.39 is 8.07 Å². The lowest BCUT2D eigenvalue weighted by Gasteiger charge is -2.21. The van der Waals surface area contributed by atoms with Gasteiger partial charge in [0.15, 0.2) is 0 Å². The summed E-state index contributed by atoms with van der Waals surface area (Å²) in [7, 11) is 0.864. The molecular weight excluding hydrogens is 402 g/mol. The minimum atomic E-state index is -1.09. The van der Waals surface area contributed by atoms with E-state index in [1.807, 2.05) is 24.1 Å². The van der Waals surface area contributed by atoms with Crippen molar-refractivity contribution in [3.63, 3.8) is 0 Å². The smallest absolute Gasteiger partial charge is 0.132 e. The molecule has 166 valence electrons. The number of aryl methyl sites for hydroxylation is 1. The van der Waals surface area contributed by atoms with Crippen LogP contribution in [0.2, 0.25) is 25.7 Å². The summed E-state index contributed by atoms with van der Waals surface area (Å²) in [6, 6.07) is 3.50. The van der Waals surface area contributed by atoms with Crippen LogP contribution in [0.4, 0.5) is 0 Å². The van der Waals surface area contributed by atoms with Gasteiger partial charge in [-0.1, -0.05) is 25.7 Å². The van der Waals surface area contributed by atoms with Gasteiger partial charge >= 0.3 is 0 Å². The van der Waals surface area contributed by atoms with Crippen molar-refractivity contribution in [2.24, 2.45) is 13.0 Å². The zero-order valence-corrected chi connectivity index (χ0v) is 20.4. The third kappa shape index (κ3) is 5.60. The van der Waals surface area contributed by atoms with E-state index in [1.54, 1.807) is 0 Å². The van der Waals surface area contributed by atoms with Crippen molar-refractivity contribution in [1.82, 2.24) is 14.8 Å². The molecule has 31 heavy (non-hydrogen) atoms. The quantitative estimate of drug-likeness (QED) is 0.431. The molecule has 4 rings (SSSR count). The Kier molecular flexibility index (Phi) is 6.58. The normalized spacial score (nSPS) is 19.5. The minimum Gasteiger partial charge on any atom is -0.381 e. The van der Waals surface area contributed by atoms with Crippen molar-refractivity contribution < 1.29 is 9.53 Å². The third-order valence-electron chi connectivity index (χ3n) is 6.48. The van der Waals surface area contributed by atoms with Gasteiger partial charge in [-0.15, -0.1) is 0 Å². The summed E-state index contributed by atoms with van der Waals surface area (Å²) in [6.45, 7) is 8.65. The van der Waals surface area contributed by atoms with Crippen LogP contribution in [-0.4, -0.2) is 41.8 Å². The molecule has 0 radical (unpaired) electrons. The standard InChI is InChI=1S/C25H35N3O2Si/c1-28-16-21(15-27-28)23-13-20(17-30-9-10-31(2,3)4)25-24(23)12-19(14-26-25)11-18-5-7-22(29)8-6-18/h12-16,18,20H,5-11,17H2,1-4H3. The summed E-state index contributed by atoms with van der Waals surface area (Å²) in [5.74, 6) is 1.20. The maximum atomic E-state index is 11.6. The first-order valence-electron chi connectivity index (χ1n) is 11.6. The first-order chi connectivity index (χ1) is 14.8. The van der Waals surface area contributed by atoms with Crippen LogP contribution in [0.3, 0.4) is 0 Å². The number of pyridine rings is 1. The van der Waals surface area contributed by atoms with Crippen LogP contribution in [-0.2, 0) is 23.0 Å². The second-order valence-electron chi connectivity index (χ2n) is 10.4. The van der Waals surface area contributed by atoms with Gasteiger partial charge in [-0.05, 0) is 48.4 Å². The number of nitrogens with zero attached hydrogens (tertiary/aromatic N) is 3. The summed E-state index contributed by atoms with van der Waals surface area (Å²) in [4.78, 5) is 16.5. The molecule has 2 aromatic rings. The van der Waals surface area contributed by atoms with Crippen LogP contribution in [0.5, 0.6) is 0 Å². The van der Waals surface area contributed by atoms with Gasteiger partial charge in [0.25, 0.3) is 0 Å². The van der Waals surface area contributed by atoms with Crippen LogP contribution in [0, 0.1) is 5.92 Å². The van der Waals surface area contributed by atoms with E-state index >= 15 is 0 Å². The Balaban J connectivity index is 1.52. The summed E-state index contributed by atoms with van der Waals surface area (Å²) in [6.07, 6.45) is 12.9. The number of hydrogen-bond donors (Lipinski definition) is 0.